The van der Waals surface area contributed by atoms with Crippen LogP contribution in [0.25, 0.3) is 10.2 Å². The number of rotatable bonds is 4. The van der Waals surface area contributed by atoms with Gasteiger partial charge in [-0.15, -0.1) is 11.3 Å². The standard InChI is InChI=1S/C21H23N3O3S/c1-12-17-19(25)22-16(23-20(17)28-18(12)21(26)27-3)11-24(2)15-10-6-8-13-7-4-5-9-14(13)15/h4-5,7,9,15H,6,8,10-11H2,1-3H3,(H,22,23,25)/p+1/t15-/m0/s1. The minimum Gasteiger partial charge on any atom is -0.465 e. The van der Waals surface area contributed by atoms with Crippen molar-refractivity contribution in [1.29, 1.82) is 0 Å². The molecule has 0 bridgehead atoms. The molecule has 6 nitrogen and oxygen atoms in total. The summed E-state index contributed by atoms with van der Waals surface area (Å²) in [4.78, 5) is 34.5. The highest BCUT2D eigenvalue weighted by Gasteiger charge is 2.27. The average Bonchev–Trinajstić information content (AvgIpc) is 3.03. The van der Waals surface area contributed by atoms with Crippen LogP contribution >= 0.6 is 11.3 Å². The molecule has 3 aromatic rings. The lowest BCUT2D eigenvalue weighted by molar-refractivity contribution is -0.927. The molecular formula is C21H24N3O3S+. The van der Waals surface area contributed by atoms with E-state index in [1.54, 1.807) is 6.92 Å². The van der Waals surface area contributed by atoms with Gasteiger partial charge in [0.2, 0.25) is 0 Å². The first-order chi connectivity index (χ1) is 13.5. The summed E-state index contributed by atoms with van der Waals surface area (Å²) in [5, 5.41) is 0.481. The van der Waals surface area contributed by atoms with E-state index in [-0.39, 0.29) is 5.56 Å². The number of aromatic amines is 1. The van der Waals surface area contributed by atoms with Crippen molar-refractivity contribution in [2.45, 2.75) is 38.8 Å². The van der Waals surface area contributed by atoms with Gasteiger partial charge in [0.15, 0.2) is 5.82 Å². The van der Waals surface area contributed by atoms with Crippen molar-refractivity contribution in [3.8, 4) is 0 Å². The predicted molar refractivity (Wildman–Crippen MR) is 109 cm³/mol. The van der Waals surface area contributed by atoms with Gasteiger partial charge in [-0.1, -0.05) is 24.3 Å². The van der Waals surface area contributed by atoms with Crippen LogP contribution in [0.4, 0.5) is 0 Å². The van der Waals surface area contributed by atoms with Crippen LogP contribution in [0.5, 0.6) is 0 Å². The van der Waals surface area contributed by atoms with Crippen molar-refractivity contribution < 1.29 is 14.4 Å². The summed E-state index contributed by atoms with van der Waals surface area (Å²) in [7, 11) is 3.49. The van der Waals surface area contributed by atoms with Gasteiger partial charge in [0, 0.05) is 12.0 Å². The van der Waals surface area contributed by atoms with Crippen LogP contribution in [-0.4, -0.2) is 30.1 Å². The Morgan fingerprint density at radius 1 is 1.39 bits per heavy atom. The maximum absolute atomic E-state index is 12.7. The van der Waals surface area contributed by atoms with E-state index < -0.39 is 5.97 Å². The third-order valence-electron chi connectivity index (χ3n) is 5.63. The Bertz CT molecular complexity index is 1100. The van der Waals surface area contributed by atoms with Crippen LogP contribution in [0, 0.1) is 6.92 Å². The van der Waals surface area contributed by atoms with E-state index in [9.17, 15) is 9.59 Å². The van der Waals surface area contributed by atoms with Crippen LogP contribution in [0.3, 0.4) is 0 Å². The van der Waals surface area contributed by atoms with Crippen LogP contribution in [0.1, 0.15) is 51.1 Å². The Labute approximate surface area is 167 Å². The Kier molecular flexibility index (Phi) is 5.03. The predicted octanol–water partition coefficient (Wildman–Crippen LogP) is 2.17. The highest BCUT2D eigenvalue weighted by Crippen LogP contribution is 2.28. The number of thiophene rings is 1. The van der Waals surface area contributed by atoms with Crippen LogP contribution in [0.2, 0.25) is 0 Å². The minimum atomic E-state index is -0.428. The number of aromatic nitrogens is 2. The summed E-state index contributed by atoms with van der Waals surface area (Å²) in [5.74, 6) is 0.221. The number of ether oxygens (including phenoxy) is 1. The van der Waals surface area contributed by atoms with Crippen molar-refractivity contribution >= 4 is 27.5 Å². The molecule has 1 aliphatic carbocycles. The van der Waals surface area contributed by atoms with E-state index in [1.807, 2.05) is 0 Å². The lowest BCUT2D eigenvalue weighted by Crippen LogP contribution is -3.08. The molecule has 2 heterocycles. The molecule has 2 atom stereocenters. The third kappa shape index (κ3) is 3.25. The lowest BCUT2D eigenvalue weighted by atomic mass is 9.87. The van der Waals surface area contributed by atoms with Crippen molar-refractivity contribution in [3.05, 3.63) is 62.0 Å². The zero-order chi connectivity index (χ0) is 19.8. The van der Waals surface area contributed by atoms with Crippen LogP contribution in [-0.2, 0) is 17.7 Å². The first-order valence-electron chi connectivity index (χ1n) is 9.50. The Balaban J connectivity index is 1.65. The number of aryl methyl sites for hydroxylation is 2. The second kappa shape index (κ2) is 7.48. The lowest BCUT2D eigenvalue weighted by Gasteiger charge is -2.30. The molecule has 1 unspecified atom stereocenters. The summed E-state index contributed by atoms with van der Waals surface area (Å²) in [6.07, 6.45) is 3.43. The van der Waals surface area contributed by atoms with Crippen LogP contribution < -0.4 is 10.5 Å². The maximum Gasteiger partial charge on any atom is 0.348 e. The van der Waals surface area contributed by atoms with E-state index in [0.29, 0.717) is 39.1 Å². The molecule has 7 heteroatoms. The Morgan fingerprint density at radius 3 is 2.96 bits per heavy atom. The maximum atomic E-state index is 12.7. The van der Waals surface area contributed by atoms with Gasteiger partial charge in [-0.05, 0) is 30.9 Å². The molecule has 1 aliphatic rings. The minimum absolute atomic E-state index is 0.194. The van der Waals surface area contributed by atoms with Gasteiger partial charge in [-0.25, -0.2) is 9.78 Å². The first kappa shape index (κ1) is 18.8. The van der Waals surface area contributed by atoms with Crippen LogP contribution in [0.15, 0.2) is 29.1 Å². The van der Waals surface area contributed by atoms with Gasteiger partial charge in [-0.3, -0.25) is 4.79 Å². The van der Waals surface area contributed by atoms with E-state index in [1.165, 1.54) is 40.9 Å². The molecule has 28 heavy (non-hydrogen) atoms. The van der Waals surface area contributed by atoms with Gasteiger partial charge in [-0.2, -0.15) is 0 Å². The number of H-pyrrole nitrogens is 1. The topological polar surface area (TPSA) is 76.5 Å². The zero-order valence-corrected chi connectivity index (χ0v) is 17.1. The van der Waals surface area contributed by atoms with Crippen molar-refractivity contribution in [2.24, 2.45) is 0 Å². The fraction of sp³-hybridized carbons (Fsp3) is 0.381. The van der Waals surface area contributed by atoms with Crippen molar-refractivity contribution in [1.82, 2.24) is 9.97 Å². The first-order valence-corrected chi connectivity index (χ1v) is 10.3. The van der Waals surface area contributed by atoms with E-state index >= 15 is 0 Å². The highest BCUT2D eigenvalue weighted by atomic mass is 32.1. The fourth-order valence-electron chi connectivity index (χ4n) is 4.21. The molecule has 2 N–H and O–H groups in total. The number of hydrogen-bond acceptors (Lipinski definition) is 5. The molecule has 2 aromatic heterocycles. The Morgan fingerprint density at radius 2 is 2.18 bits per heavy atom. The van der Waals surface area contributed by atoms with Gasteiger partial charge in [0.25, 0.3) is 5.56 Å². The number of quaternary nitrogens is 1. The normalized spacial score (nSPS) is 17.3. The Hall–Kier alpha value is -2.51. The number of carbonyl (C=O) groups is 1. The highest BCUT2D eigenvalue weighted by molar-refractivity contribution is 7.20. The molecular weight excluding hydrogens is 374 g/mol. The van der Waals surface area contributed by atoms with Gasteiger partial charge in [0.1, 0.15) is 22.3 Å². The van der Waals surface area contributed by atoms with Gasteiger partial charge >= 0.3 is 5.97 Å². The number of methoxy groups -OCH3 is 1. The largest absolute Gasteiger partial charge is 0.465 e. The quantitative estimate of drug-likeness (QED) is 0.661. The number of esters is 1. The molecule has 0 radical (unpaired) electrons. The van der Waals surface area contributed by atoms with E-state index in [4.69, 9.17) is 4.74 Å². The molecule has 0 fully saturated rings. The molecule has 0 saturated carbocycles. The van der Waals surface area contributed by atoms with Gasteiger partial charge in [0.05, 0.1) is 19.5 Å². The number of fused-ring (bicyclic) bond motifs is 2. The smallest absolute Gasteiger partial charge is 0.348 e. The molecule has 0 saturated heterocycles. The average molecular weight is 399 g/mol. The van der Waals surface area contributed by atoms with E-state index in [0.717, 1.165) is 12.8 Å². The molecule has 0 amide bonds. The summed E-state index contributed by atoms with van der Waals surface area (Å²) in [6.45, 7) is 2.38. The fourth-order valence-corrected chi connectivity index (χ4v) is 5.33. The number of nitrogens with one attached hydrogen (secondary N) is 2. The summed E-state index contributed by atoms with van der Waals surface area (Å²) in [6, 6.07) is 9.01. The molecule has 0 aliphatic heterocycles. The molecule has 4 rings (SSSR count). The van der Waals surface area contributed by atoms with Crippen molar-refractivity contribution in [2.75, 3.05) is 14.2 Å². The summed E-state index contributed by atoms with van der Waals surface area (Å²) in [5.41, 5.74) is 3.26. The number of hydrogen-bond donors (Lipinski definition) is 2. The number of carbonyl (C=O) groups excluding carboxylic acids is 1. The third-order valence-corrected chi connectivity index (χ3v) is 6.80. The number of benzene rings is 1. The SMILES string of the molecule is COC(=O)c1sc2nc(C[NH+](C)[C@H]3CCCc4ccccc43)[nH]c(=O)c2c1C. The van der Waals surface area contributed by atoms with Crippen molar-refractivity contribution in [3.63, 3.8) is 0 Å². The summed E-state index contributed by atoms with van der Waals surface area (Å²) >= 11 is 1.22. The molecule has 1 aromatic carbocycles. The second-order valence-corrected chi connectivity index (χ2v) is 8.41. The molecule has 146 valence electrons. The monoisotopic (exact) mass is 398 g/mol. The molecule has 0 spiro atoms. The summed E-state index contributed by atoms with van der Waals surface area (Å²) < 4.78 is 4.82. The van der Waals surface area contributed by atoms with E-state index in [2.05, 4.69) is 41.3 Å². The zero-order valence-electron chi connectivity index (χ0n) is 16.3. The van der Waals surface area contributed by atoms with Gasteiger partial charge < -0.3 is 14.6 Å². The second-order valence-electron chi connectivity index (χ2n) is 7.41. The number of nitrogens with zero attached hydrogens (tertiary/aromatic N) is 1.